The van der Waals surface area contributed by atoms with E-state index in [9.17, 15) is 9.00 Å². The van der Waals surface area contributed by atoms with Gasteiger partial charge in [0.1, 0.15) is 5.52 Å². The number of carbonyl (C=O) groups excluding carboxylic acids is 1. The molecule has 3 aromatic rings. The fourth-order valence-electron chi connectivity index (χ4n) is 3.13. The number of benzene rings is 1. The van der Waals surface area contributed by atoms with Crippen molar-refractivity contribution in [2.24, 2.45) is 7.05 Å². The maximum absolute atomic E-state index is 12.8. The number of ether oxygens (including phenoxy) is 1. The number of fused-ring (bicyclic) bond motifs is 2. The lowest BCUT2D eigenvalue weighted by Crippen LogP contribution is -2.31. The molecular formula is C21H26ClN5O3S. The molecule has 10 heteroatoms. The summed E-state index contributed by atoms with van der Waals surface area (Å²) in [7, 11) is 2.22. The largest absolute Gasteiger partial charge is 0.379 e. The van der Waals surface area contributed by atoms with Crippen molar-refractivity contribution in [2.75, 3.05) is 32.6 Å². The molecule has 0 fully saturated rings. The van der Waals surface area contributed by atoms with Crippen LogP contribution in [-0.2, 0) is 22.6 Å². The number of nitrogens with zero attached hydrogens (tertiary/aromatic N) is 4. The number of hydrogen-bond donors (Lipinski definition) is 1. The Morgan fingerprint density at radius 3 is 2.74 bits per heavy atom. The zero-order valence-corrected chi connectivity index (χ0v) is 19.6. The SMILES string of the molecule is CC.CN1CCOCCS(=O)c2cc(Cl)c3n[nH]c(c3c2)/C=C/c2cn(C)nc2C1=O. The third-order valence-corrected chi connectivity index (χ3v) is 6.29. The summed E-state index contributed by atoms with van der Waals surface area (Å²) in [5.41, 5.74) is 2.36. The van der Waals surface area contributed by atoms with Gasteiger partial charge in [0, 0.05) is 42.7 Å². The van der Waals surface area contributed by atoms with Crippen molar-refractivity contribution >= 4 is 51.4 Å². The predicted molar refractivity (Wildman–Crippen MR) is 124 cm³/mol. The normalized spacial score (nSPS) is 18.5. The molecule has 1 N–H and O–H groups in total. The number of aromatic amines is 1. The van der Waals surface area contributed by atoms with Crippen LogP contribution in [0.15, 0.2) is 23.2 Å². The van der Waals surface area contributed by atoms with E-state index in [1.54, 1.807) is 42.0 Å². The van der Waals surface area contributed by atoms with Gasteiger partial charge in [0.25, 0.3) is 5.91 Å². The first-order valence-corrected chi connectivity index (χ1v) is 11.7. The number of halogens is 1. The summed E-state index contributed by atoms with van der Waals surface area (Å²) in [6.07, 6.45) is 5.41. The van der Waals surface area contributed by atoms with Crippen LogP contribution in [0, 0.1) is 0 Å². The molecule has 0 saturated heterocycles. The third kappa shape index (κ3) is 5.06. The van der Waals surface area contributed by atoms with E-state index in [2.05, 4.69) is 15.3 Å². The van der Waals surface area contributed by atoms with Crippen LogP contribution in [0.5, 0.6) is 0 Å². The van der Waals surface area contributed by atoms with Gasteiger partial charge in [-0.25, -0.2) is 0 Å². The number of H-pyrrole nitrogens is 1. The molecule has 166 valence electrons. The molecule has 1 unspecified atom stereocenters. The Bertz CT molecular complexity index is 1140. The summed E-state index contributed by atoms with van der Waals surface area (Å²) < 4.78 is 19.8. The van der Waals surface area contributed by atoms with Crippen LogP contribution in [0.1, 0.15) is 35.6 Å². The van der Waals surface area contributed by atoms with Crippen molar-refractivity contribution < 1.29 is 13.7 Å². The maximum atomic E-state index is 12.8. The molecular weight excluding hydrogens is 438 g/mol. The molecule has 1 aromatic carbocycles. The van der Waals surface area contributed by atoms with Gasteiger partial charge < -0.3 is 9.64 Å². The van der Waals surface area contributed by atoms with Gasteiger partial charge in [-0.2, -0.15) is 10.2 Å². The summed E-state index contributed by atoms with van der Waals surface area (Å²) in [6, 6.07) is 3.51. The molecule has 1 atom stereocenters. The Morgan fingerprint density at radius 2 is 1.97 bits per heavy atom. The highest BCUT2D eigenvalue weighted by molar-refractivity contribution is 7.85. The van der Waals surface area contributed by atoms with Crippen LogP contribution >= 0.6 is 11.6 Å². The van der Waals surface area contributed by atoms with Crippen molar-refractivity contribution in [1.82, 2.24) is 24.9 Å². The van der Waals surface area contributed by atoms with Crippen LogP contribution in [0.3, 0.4) is 0 Å². The Kier molecular flexibility index (Phi) is 7.64. The number of carbonyl (C=O) groups is 1. The number of rotatable bonds is 0. The highest BCUT2D eigenvalue weighted by atomic mass is 35.5. The van der Waals surface area contributed by atoms with E-state index in [4.69, 9.17) is 16.3 Å². The van der Waals surface area contributed by atoms with E-state index in [-0.39, 0.29) is 5.91 Å². The second kappa shape index (κ2) is 10.2. The summed E-state index contributed by atoms with van der Waals surface area (Å²) in [5, 5.41) is 12.7. The maximum Gasteiger partial charge on any atom is 0.274 e. The highest BCUT2D eigenvalue weighted by Gasteiger charge is 2.19. The van der Waals surface area contributed by atoms with Gasteiger partial charge in [-0.1, -0.05) is 25.4 Å². The lowest BCUT2D eigenvalue weighted by atomic mass is 10.1. The smallest absolute Gasteiger partial charge is 0.274 e. The lowest BCUT2D eigenvalue weighted by Gasteiger charge is -2.16. The molecule has 8 nitrogen and oxygen atoms in total. The van der Waals surface area contributed by atoms with E-state index in [1.807, 2.05) is 26.0 Å². The number of likely N-dealkylation sites (N-methyl/N-ethyl adjacent to an activating group) is 1. The van der Waals surface area contributed by atoms with Crippen molar-refractivity contribution in [3.63, 3.8) is 0 Å². The van der Waals surface area contributed by atoms with Crippen LogP contribution < -0.4 is 0 Å². The Labute approximate surface area is 188 Å². The number of aromatic nitrogens is 4. The first kappa shape index (κ1) is 23.2. The average Bonchev–Trinajstić information content (AvgIpc) is 3.35. The van der Waals surface area contributed by atoms with Crippen LogP contribution in [0.25, 0.3) is 23.1 Å². The van der Waals surface area contributed by atoms with E-state index in [1.165, 1.54) is 0 Å². The minimum atomic E-state index is -1.26. The summed E-state index contributed by atoms with van der Waals surface area (Å²) in [4.78, 5) is 15.0. The predicted octanol–water partition coefficient (Wildman–Crippen LogP) is 3.36. The minimum Gasteiger partial charge on any atom is -0.379 e. The zero-order chi connectivity index (χ0) is 22.5. The first-order valence-electron chi connectivity index (χ1n) is 10.0. The van der Waals surface area contributed by atoms with Crippen molar-refractivity contribution in [3.8, 4) is 0 Å². The van der Waals surface area contributed by atoms with Crippen molar-refractivity contribution in [3.05, 3.63) is 40.3 Å². The number of amides is 1. The molecule has 2 aromatic heterocycles. The molecule has 0 aliphatic carbocycles. The number of aryl methyl sites for hydroxylation is 1. The van der Waals surface area contributed by atoms with Gasteiger partial charge in [-0.15, -0.1) is 0 Å². The van der Waals surface area contributed by atoms with E-state index < -0.39 is 10.8 Å². The second-order valence-corrected chi connectivity index (χ2v) is 8.75. The van der Waals surface area contributed by atoms with E-state index >= 15 is 0 Å². The highest BCUT2D eigenvalue weighted by Crippen LogP contribution is 2.29. The van der Waals surface area contributed by atoms with Crippen molar-refractivity contribution in [2.45, 2.75) is 18.7 Å². The molecule has 31 heavy (non-hydrogen) atoms. The molecule has 2 bridgehead atoms. The summed E-state index contributed by atoms with van der Waals surface area (Å²) in [6.45, 7) is 5.08. The first-order chi connectivity index (χ1) is 14.9. The second-order valence-electron chi connectivity index (χ2n) is 6.77. The average molecular weight is 464 g/mol. The lowest BCUT2D eigenvalue weighted by molar-refractivity contribution is 0.0705. The monoisotopic (exact) mass is 463 g/mol. The number of nitrogens with one attached hydrogen (secondary N) is 1. The Hall–Kier alpha value is -2.49. The van der Waals surface area contributed by atoms with E-state index in [0.29, 0.717) is 57.9 Å². The summed E-state index contributed by atoms with van der Waals surface area (Å²) >= 11 is 6.36. The molecule has 0 spiro atoms. The van der Waals surface area contributed by atoms with Gasteiger partial charge in [0.15, 0.2) is 5.69 Å². The molecule has 1 amide bonds. The molecule has 3 heterocycles. The topological polar surface area (TPSA) is 93.1 Å². The fraction of sp³-hybridized carbons (Fsp3) is 0.381. The van der Waals surface area contributed by atoms with Gasteiger partial charge in [0.2, 0.25) is 0 Å². The standard InChI is InChI=1S/C19H20ClN5O3S.C2H6/c1-24-5-6-28-7-8-29(27)13-9-14-16(21-22-18(14)15(20)10-13)4-3-12-11-25(2)23-17(12)19(24)26;1-2/h3-4,9-11H,5-8H2,1-2H3,(H,21,22);1-2H3/b4-3+;. The van der Waals surface area contributed by atoms with Crippen LogP contribution in [0.4, 0.5) is 0 Å². The Morgan fingerprint density at radius 1 is 1.19 bits per heavy atom. The zero-order valence-electron chi connectivity index (χ0n) is 18.0. The van der Waals surface area contributed by atoms with Crippen LogP contribution in [-0.4, -0.2) is 67.6 Å². The molecule has 1 aliphatic heterocycles. The number of hydrogen-bond acceptors (Lipinski definition) is 5. The van der Waals surface area contributed by atoms with Gasteiger partial charge in [-0.05, 0) is 24.3 Å². The van der Waals surface area contributed by atoms with Gasteiger partial charge in [-0.3, -0.25) is 18.8 Å². The Balaban J connectivity index is 0.00000132. The molecule has 1 aliphatic rings. The van der Waals surface area contributed by atoms with E-state index in [0.717, 1.165) is 5.39 Å². The quantitative estimate of drug-likeness (QED) is 0.551. The third-order valence-electron chi connectivity index (χ3n) is 4.70. The van der Waals surface area contributed by atoms with Crippen LogP contribution in [0.2, 0.25) is 5.02 Å². The fourth-order valence-corrected chi connectivity index (χ4v) is 4.46. The molecule has 4 rings (SSSR count). The van der Waals surface area contributed by atoms with Gasteiger partial charge >= 0.3 is 0 Å². The minimum absolute atomic E-state index is 0.190. The molecule has 0 radical (unpaired) electrons. The van der Waals surface area contributed by atoms with Crippen molar-refractivity contribution in [1.29, 1.82) is 0 Å². The molecule has 0 saturated carbocycles. The summed E-state index contributed by atoms with van der Waals surface area (Å²) in [5.74, 6) is 0.150. The van der Waals surface area contributed by atoms with Gasteiger partial charge in [0.05, 0.1) is 40.5 Å².